The average molecular weight is 297 g/mol. The second kappa shape index (κ2) is 5.93. The lowest BCUT2D eigenvalue weighted by Crippen LogP contribution is -2.45. The van der Waals surface area contributed by atoms with Crippen molar-refractivity contribution in [2.24, 2.45) is 0 Å². The summed E-state index contributed by atoms with van der Waals surface area (Å²) in [7, 11) is 2.14. The molecule has 5 nitrogen and oxygen atoms in total. The molecule has 1 fully saturated rings. The fourth-order valence-electron chi connectivity index (χ4n) is 3.00. The van der Waals surface area contributed by atoms with Crippen molar-refractivity contribution in [3.8, 4) is 11.3 Å². The van der Waals surface area contributed by atoms with E-state index < -0.39 is 0 Å². The summed E-state index contributed by atoms with van der Waals surface area (Å²) in [6.07, 6.45) is 1.85. The van der Waals surface area contributed by atoms with Crippen LogP contribution in [0.25, 0.3) is 11.3 Å². The maximum Gasteiger partial charge on any atom is 0.171 e. The monoisotopic (exact) mass is 297 g/mol. The second-order valence-corrected chi connectivity index (χ2v) is 6.02. The fraction of sp³-hybridized carbons (Fsp3) is 0.412. The molecule has 2 N–H and O–H groups in total. The third kappa shape index (κ3) is 2.76. The number of piperazine rings is 1. The molecule has 0 radical (unpaired) electrons. The van der Waals surface area contributed by atoms with E-state index in [0.29, 0.717) is 5.82 Å². The van der Waals surface area contributed by atoms with Gasteiger partial charge in [-0.3, -0.25) is 0 Å². The second-order valence-electron chi connectivity index (χ2n) is 6.02. The molecule has 1 aromatic heterocycles. The van der Waals surface area contributed by atoms with Gasteiger partial charge in [0, 0.05) is 31.7 Å². The number of aromatic nitrogens is 2. The molecule has 0 saturated carbocycles. The zero-order valence-corrected chi connectivity index (χ0v) is 13.5. The summed E-state index contributed by atoms with van der Waals surface area (Å²) in [5.41, 5.74) is 10.6. The maximum absolute atomic E-state index is 6.20. The lowest BCUT2D eigenvalue weighted by molar-refractivity contribution is 0.312. The number of rotatable bonds is 2. The van der Waals surface area contributed by atoms with Crippen molar-refractivity contribution in [1.29, 1.82) is 0 Å². The van der Waals surface area contributed by atoms with Gasteiger partial charge in [-0.1, -0.05) is 18.2 Å². The van der Waals surface area contributed by atoms with E-state index in [2.05, 4.69) is 58.9 Å². The van der Waals surface area contributed by atoms with Crippen LogP contribution in [0.15, 0.2) is 24.4 Å². The summed E-state index contributed by atoms with van der Waals surface area (Å²) in [6, 6.07) is 6.24. The molecule has 0 unspecified atom stereocenters. The SMILES string of the molecule is Cc1cccc(C)c1-c1cnc(N2CCN(C)CC2)c(N)n1. The molecule has 0 aliphatic carbocycles. The Hall–Kier alpha value is -2.14. The number of hydrogen-bond donors (Lipinski definition) is 1. The molecular formula is C17H23N5. The topological polar surface area (TPSA) is 58.3 Å². The predicted octanol–water partition coefficient (Wildman–Crippen LogP) is 2.09. The van der Waals surface area contributed by atoms with Gasteiger partial charge in [0.1, 0.15) is 0 Å². The molecule has 2 heterocycles. The first-order valence-electron chi connectivity index (χ1n) is 7.69. The summed E-state index contributed by atoms with van der Waals surface area (Å²) < 4.78 is 0. The Morgan fingerprint density at radius 1 is 1.05 bits per heavy atom. The molecule has 22 heavy (non-hydrogen) atoms. The largest absolute Gasteiger partial charge is 0.381 e. The average Bonchev–Trinajstić information content (AvgIpc) is 2.48. The van der Waals surface area contributed by atoms with Crippen molar-refractivity contribution in [3.05, 3.63) is 35.5 Å². The quantitative estimate of drug-likeness (QED) is 0.920. The van der Waals surface area contributed by atoms with E-state index in [9.17, 15) is 0 Å². The van der Waals surface area contributed by atoms with Crippen LogP contribution in [0.1, 0.15) is 11.1 Å². The lowest BCUT2D eigenvalue weighted by Gasteiger charge is -2.33. The summed E-state index contributed by atoms with van der Waals surface area (Å²) in [5.74, 6) is 1.33. The van der Waals surface area contributed by atoms with Crippen LogP contribution in [-0.2, 0) is 0 Å². The minimum absolute atomic E-state index is 0.518. The standard InChI is InChI=1S/C17H23N5/c1-12-5-4-6-13(2)15(12)14-11-19-17(16(18)20-14)22-9-7-21(3)8-10-22/h4-6,11H,7-10H2,1-3H3,(H2,18,20). The zero-order chi connectivity index (χ0) is 15.7. The third-order valence-electron chi connectivity index (χ3n) is 4.32. The van der Waals surface area contributed by atoms with Crippen LogP contribution in [0.4, 0.5) is 11.6 Å². The highest BCUT2D eigenvalue weighted by Gasteiger charge is 2.19. The first-order chi connectivity index (χ1) is 10.6. The van der Waals surface area contributed by atoms with Crippen LogP contribution >= 0.6 is 0 Å². The van der Waals surface area contributed by atoms with E-state index in [1.165, 1.54) is 11.1 Å². The van der Waals surface area contributed by atoms with Crippen molar-refractivity contribution in [2.45, 2.75) is 13.8 Å². The van der Waals surface area contributed by atoms with Crippen molar-refractivity contribution in [1.82, 2.24) is 14.9 Å². The Balaban J connectivity index is 1.93. The number of anilines is 2. The molecular weight excluding hydrogens is 274 g/mol. The molecule has 116 valence electrons. The number of likely N-dealkylation sites (N-methyl/N-ethyl adjacent to an activating group) is 1. The Bertz CT molecular complexity index is 654. The summed E-state index contributed by atoms with van der Waals surface area (Å²) in [4.78, 5) is 13.8. The molecule has 0 spiro atoms. The Labute approximate surface area is 131 Å². The molecule has 1 aliphatic rings. The highest BCUT2D eigenvalue weighted by molar-refractivity contribution is 5.70. The van der Waals surface area contributed by atoms with Gasteiger partial charge in [-0.2, -0.15) is 0 Å². The van der Waals surface area contributed by atoms with Crippen molar-refractivity contribution < 1.29 is 0 Å². The number of hydrogen-bond acceptors (Lipinski definition) is 5. The number of aryl methyl sites for hydroxylation is 2. The van der Waals surface area contributed by atoms with Gasteiger partial charge < -0.3 is 15.5 Å². The first kappa shape index (κ1) is 14.8. The minimum Gasteiger partial charge on any atom is -0.381 e. The van der Waals surface area contributed by atoms with Crippen molar-refractivity contribution in [3.63, 3.8) is 0 Å². The minimum atomic E-state index is 0.518. The Morgan fingerprint density at radius 2 is 1.68 bits per heavy atom. The number of nitrogens with two attached hydrogens (primary N) is 1. The van der Waals surface area contributed by atoms with E-state index in [1.54, 1.807) is 0 Å². The first-order valence-corrected chi connectivity index (χ1v) is 7.69. The zero-order valence-electron chi connectivity index (χ0n) is 13.5. The van der Waals surface area contributed by atoms with E-state index in [-0.39, 0.29) is 0 Å². The Morgan fingerprint density at radius 3 is 2.27 bits per heavy atom. The summed E-state index contributed by atoms with van der Waals surface area (Å²) in [6.45, 7) is 8.12. The molecule has 5 heteroatoms. The third-order valence-corrected chi connectivity index (χ3v) is 4.32. The van der Waals surface area contributed by atoms with Crippen LogP contribution in [0.2, 0.25) is 0 Å². The van der Waals surface area contributed by atoms with Crippen LogP contribution in [0, 0.1) is 13.8 Å². The molecule has 3 rings (SSSR count). The molecule has 1 saturated heterocycles. The van der Waals surface area contributed by atoms with Gasteiger partial charge >= 0.3 is 0 Å². The highest BCUT2D eigenvalue weighted by atomic mass is 15.3. The number of nitrogens with zero attached hydrogens (tertiary/aromatic N) is 4. The van der Waals surface area contributed by atoms with Gasteiger partial charge in [-0.05, 0) is 32.0 Å². The molecule has 0 atom stereocenters. The van der Waals surface area contributed by atoms with Gasteiger partial charge in [0.15, 0.2) is 11.6 Å². The van der Waals surface area contributed by atoms with Crippen molar-refractivity contribution in [2.75, 3.05) is 43.9 Å². The number of benzene rings is 1. The smallest absolute Gasteiger partial charge is 0.171 e. The van der Waals surface area contributed by atoms with E-state index in [1.807, 2.05) is 6.20 Å². The lowest BCUT2D eigenvalue weighted by atomic mass is 10.0. The predicted molar refractivity (Wildman–Crippen MR) is 91.1 cm³/mol. The molecule has 0 bridgehead atoms. The van der Waals surface area contributed by atoms with Crippen LogP contribution in [-0.4, -0.2) is 48.1 Å². The Kier molecular flexibility index (Phi) is 3.98. The van der Waals surface area contributed by atoms with Gasteiger partial charge in [-0.25, -0.2) is 9.97 Å². The van der Waals surface area contributed by atoms with Crippen LogP contribution in [0.5, 0.6) is 0 Å². The van der Waals surface area contributed by atoms with Crippen LogP contribution in [0.3, 0.4) is 0 Å². The fourth-order valence-corrected chi connectivity index (χ4v) is 3.00. The number of nitrogen functional groups attached to an aromatic ring is 1. The van der Waals surface area contributed by atoms with E-state index in [0.717, 1.165) is 43.3 Å². The maximum atomic E-state index is 6.20. The molecule has 2 aromatic rings. The van der Waals surface area contributed by atoms with E-state index >= 15 is 0 Å². The molecule has 0 amide bonds. The van der Waals surface area contributed by atoms with Crippen LogP contribution < -0.4 is 10.6 Å². The molecule has 1 aromatic carbocycles. The van der Waals surface area contributed by atoms with Gasteiger partial charge in [0.05, 0.1) is 11.9 Å². The summed E-state index contributed by atoms with van der Waals surface area (Å²) >= 11 is 0. The normalized spacial score (nSPS) is 16.0. The summed E-state index contributed by atoms with van der Waals surface area (Å²) in [5, 5.41) is 0. The van der Waals surface area contributed by atoms with Gasteiger partial charge in [0.2, 0.25) is 0 Å². The van der Waals surface area contributed by atoms with Gasteiger partial charge in [0.25, 0.3) is 0 Å². The van der Waals surface area contributed by atoms with E-state index in [4.69, 9.17) is 5.73 Å². The van der Waals surface area contributed by atoms with Gasteiger partial charge in [-0.15, -0.1) is 0 Å². The van der Waals surface area contributed by atoms with Crippen molar-refractivity contribution >= 4 is 11.6 Å². The molecule has 1 aliphatic heterocycles. The highest BCUT2D eigenvalue weighted by Crippen LogP contribution is 2.28.